The molecule has 1 aromatic rings. The molecule has 8 nitrogen and oxygen atoms in total. The second-order valence-electron chi connectivity index (χ2n) is 7.62. The normalized spacial score (nSPS) is 20.8. The highest BCUT2D eigenvalue weighted by molar-refractivity contribution is 6.33. The van der Waals surface area contributed by atoms with E-state index < -0.39 is 5.82 Å². The molecular weight excluding hydrogens is 413 g/mol. The molecule has 0 radical (unpaired) electrons. The largest absolute Gasteiger partial charge is 0.362 e. The first-order valence-corrected chi connectivity index (χ1v) is 10.1. The van der Waals surface area contributed by atoms with Gasteiger partial charge < -0.3 is 26.2 Å². The van der Waals surface area contributed by atoms with Gasteiger partial charge >= 0.3 is 0 Å². The first-order chi connectivity index (χ1) is 14.3. The number of carbonyl (C=O) groups excluding carboxylic acids is 3. The summed E-state index contributed by atoms with van der Waals surface area (Å²) in [6.07, 6.45) is 2.48. The number of anilines is 1. The van der Waals surface area contributed by atoms with E-state index in [0.29, 0.717) is 38.0 Å². The third kappa shape index (κ3) is 5.02. The van der Waals surface area contributed by atoms with Crippen LogP contribution < -0.4 is 21.3 Å². The molecule has 0 atom stereocenters. The predicted octanol–water partition coefficient (Wildman–Crippen LogP) is 1.54. The Morgan fingerprint density at radius 3 is 2.40 bits per heavy atom. The summed E-state index contributed by atoms with van der Waals surface area (Å²) in [5.74, 6) is -1.46. The van der Waals surface area contributed by atoms with Crippen LogP contribution in [0.1, 0.15) is 25.7 Å². The van der Waals surface area contributed by atoms with Gasteiger partial charge in [-0.05, 0) is 43.9 Å². The van der Waals surface area contributed by atoms with E-state index in [1.165, 1.54) is 17.0 Å². The fourth-order valence-corrected chi connectivity index (χ4v) is 3.80. The van der Waals surface area contributed by atoms with Crippen LogP contribution in [-0.2, 0) is 14.4 Å². The van der Waals surface area contributed by atoms with Gasteiger partial charge in [-0.25, -0.2) is 4.39 Å². The Bertz CT molecular complexity index is 881. The Morgan fingerprint density at radius 1 is 1.10 bits per heavy atom. The molecule has 1 aromatic carbocycles. The van der Waals surface area contributed by atoms with Crippen molar-refractivity contribution < 1.29 is 18.8 Å². The second kappa shape index (κ2) is 9.34. The van der Waals surface area contributed by atoms with E-state index in [4.69, 9.17) is 11.6 Å². The van der Waals surface area contributed by atoms with Crippen molar-refractivity contribution in [1.29, 1.82) is 0 Å². The molecule has 2 aliphatic rings. The van der Waals surface area contributed by atoms with E-state index >= 15 is 0 Å². The molecule has 1 fully saturated rings. The predicted molar refractivity (Wildman–Crippen MR) is 111 cm³/mol. The molecule has 30 heavy (non-hydrogen) atoms. The minimum Gasteiger partial charge on any atom is -0.362 e. The maximum absolute atomic E-state index is 13.1. The number of carbonyl (C=O) groups is 3. The smallest absolute Gasteiger partial charge is 0.271 e. The number of likely N-dealkylation sites (N-methyl/N-ethyl adjacent to an activating group) is 1. The van der Waals surface area contributed by atoms with Gasteiger partial charge in [-0.2, -0.15) is 0 Å². The van der Waals surface area contributed by atoms with Gasteiger partial charge in [-0.3, -0.25) is 14.4 Å². The van der Waals surface area contributed by atoms with Crippen molar-refractivity contribution in [3.05, 3.63) is 40.4 Å². The van der Waals surface area contributed by atoms with Crippen molar-refractivity contribution >= 4 is 35.0 Å². The number of rotatable bonds is 5. The van der Waals surface area contributed by atoms with Crippen LogP contribution >= 0.6 is 11.6 Å². The fourth-order valence-electron chi connectivity index (χ4n) is 3.58. The Hall–Kier alpha value is -2.81. The van der Waals surface area contributed by atoms with E-state index in [-0.39, 0.29) is 46.1 Å². The Labute approximate surface area is 179 Å². The molecule has 1 heterocycles. The fraction of sp³-hybridized carbons (Fsp3) is 0.450. The molecule has 0 bridgehead atoms. The van der Waals surface area contributed by atoms with Gasteiger partial charge in [0.15, 0.2) is 0 Å². The quantitative estimate of drug-likeness (QED) is 0.559. The molecule has 1 aliphatic carbocycles. The SMILES string of the molecule is CN(C)C(=O)C1=C(C(=O)N[C@H]2CC[C@H](C(=O)Nc3ccc(F)cc3Cl)CC2)NCN1. The van der Waals surface area contributed by atoms with Crippen LogP contribution in [0.4, 0.5) is 10.1 Å². The van der Waals surface area contributed by atoms with Crippen molar-refractivity contribution in [3.8, 4) is 0 Å². The maximum Gasteiger partial charge on any atom is 0.271 e. The molecule has 0 saturated heterocycles. The van der Waals surface area contributed by atoms with E-state index in [1.807, 2.05) is 0 Å². The number of amides is 3. The topological polar surface area (TPSA) is 103 Å². The van der Waals surface area contributed by atoms with Crippen molar-refractivity contribution in [1.82, 2.24) is 20.9 Å². The summed E-state index contributed by atoms with van der Waals surface area (Å²) in [4.78, 5) is 38.7. The third-order valence-electron chi connectivity index (χ3n) is 5.25. The lowest BCUT2D eigenvalue weighted by Crippen LogP contribution is -2.42. The Morgan fingerprint density at radius 2 is 1.77 bits per heavy atom. The van der Waals surface area contributed by atoms with Gasteiger partial charge in [0, 0.05) is 26.1 Å². The van der Waals surface area contributed by atoms with Crippen molar-refractivity contribution in [2.24, 2.45) is 5.92 Å². The van der Waals surface area contributed by atoms with Gasteiger partial charge in [0.05, 0.1) is 17.4 Å². The van der Waals surface area contributed by atoms with Crippen LogP contribution in [0.5, 0.6) is 0 Å². The summed E-state index contributed by atoms with van der Waals surface area (Å²) in [7, 11) is 3.24. The lowest BCUT2D eigenvalue weighted by atomic mass is 9.85. The van der Waals surface area contributed by atoms with Crippen molar-refractivity contribution in [2.45, 2.75) is 31.7 Å². The van der Waals surface area contributed by atoms with Gasteiger partial charge in [0.2, 0.25) is 5.91 Å². The number of benzene rings is 1. The second-order valence-corrected chi connectivity index (χ2v) is 8.02. The summed E-state index contributed by atoms with van der Waals surface area (Å²) < 4.78 is 13.1. The zero-order valence-corrected chi connectivity index (χ0v) is 17.6. The first-order valence-electron chi connectivity index (χ1n) is 9.76. The highest BCUT2D eigenvalue weighted by atomic mass is 35.5. The summed E-state index contributed by atoms with van der Waals surface area (Å²) in [5.41, 5.74) is 0.865. The Kier molecular flexibility index (Phi) is 6.81. The molecule has 1 aliphatic heterocycles. The highest BCUT2D eigenvalue weighted by Gasteiger charge is 2.31. The minimum atomic E-state index is -0.466. The van der Waals surface area contributed by atoms with E-state index in [9.17, 15) is 18.8 Å². The molecule has 0 unspecified atom stereocenters. The average Bonchev–Trinajstić information content (AvgIpc) is 3.19. The molecule has 0 spiro atoms. The van der Waals surface area contributed by atoms with Gasteiger partial charge in [0.25, 0.3) is 11.8 Å². The molecule has 162 valence electrons. The minimum absolute atomic E-state index is 0.0819. The van der Waals surface area contributed by atoms with Crippen LogP contribution in [0.3, 0.4) is 0 Å². The summed E-state index contributed by atoms with van der Waals surface area (Å²) >= 11 is 5.96. The van der Waals surface area contributed by atoms with Crippen LogP contribution in [-0.4, -0.2) is 49.4 Å². The van der Waals surface area contributed by atoms with Crippen molar-refractivity contribution in [3.63, 3.8) is 0 Å². The number of nitrogens with one attached hydrogen (secondary N) is 4. The summed E-state index contributed by atoms with van der Waals surface area (Å²) in [6, 6.07) is 3.75. The van der Waals surface area contributed by atoms with Crippen LogP contribution in [0.15, 0.2) is 29.6 Å². The van der Waals surface area contributed by atoms with E-state index in [2.05, 4.69) is 21.3 Å². The number of nitrogens with zero attached hydrogens (tertiary/aromatic N) is 1. The zero-order valence-electron chi connectivity index (χ0n) is 16.9. The van der Waals surface area contributed by atoms with E-state index in [0.717, 1.165) is 6.07 Å². The van der Waals surface area contributed by atoms with Gasteiger partial charge in [-0.15, -0.1) is 0 Å². The maximum atomic E-state index is 13.1. The van der Waals surface area contributed by atoms with Crippen LogP contribution in [0.2, 0.25) is 5.02 Å². The molecule has 0 aromatic heterocycles. The highest BCUT2D eigenvalue weighted by Crippen LogP contribution is 2.28. The van der Waals surface area contributed by atoms with Crippen LogP contribution in [0, 0.1) is 11.7 Å². The van der Waals surface area contributed by atoms with Gasteiger partial charge in [-0.1, -0.05) is 11.6 Å². The lowest BCUT2D eigenvalue weighted by Gasteiger charge is -2.28. The molecule has 3 rings (SSSR count). The molecule has 4 N–H and O–H groups in total. The molecule has 1 saturated carbocycles. The van der Waals surface area contributed by atoms with E-state index in [1.54, 1.807) is 14.1 Å². The van der Waals surface area contributed by atoms with Crippen LogP contribution in [0.25, 0.3) is 0 Å². The Balaban J connectivity index is 1.53. The number of hydrogen-bond donors (Lipinski definition) is 4. The van der Waals surface area contributed by atoms with Crippen molar-refractivity contribution in [2.75, 3.05) is 26.1 Å². The molecule has 10 heteroatoms. The average molecular weight is 438 g/mol. The molecular formula is C20H25ClFN5O3. The zero-order chi connectivity index (χ0) is 21.8. The number of hydrogen-bond acceptors (Lipinski definition) is 5. The van der Waals surface area contributed by atoms with Gasteiger partial charge in [0.1, 0.15) is 17.2 Å². The lowest BCUT2D eigenvalue weighted by molar-refractivity contribution is -0.126. The standard InChI is InChI=1S/C20H25ClFN5O3/c1-27(2)20(30)17-16(23-10-24-17)19(29)25-13-6-3-11(4-7-13)18(28)26-15-8-5-12(22)9-14(15)21/h5,8-9,11,13,23-24H,3-4,6-7,10H2,1-2H3,(H,25,29)(H,26,28)/t11-,13-. The first kappa shape index (κ1) is 21.9. The summed E-state index contributed by atoms with van der Waals surface area (Å²) in [6.45, 7) is 0.316. The third-order valence-corrected chi connectivity index (χ3v) is 5.56. The molecule has 3 amide bonds. The summed E-state index contributed by atoms with van der Waals surface area (Å²) in [5, 5.41) is 11.6. The number of halogens is 2. The monoisotopic (exact) mass is 437 g/mol.